The maximum Gasteiger partial charge on any atom is 0.405 e. The summed E-state index contributed by atoms with van der Waals surface area (Å²) >= 11 is 0. The van der Waals surface area contributed by atoms with Crippen molar-refractivity contribution in [2.75, 3.05) is 0 Å². The number of pyridine rings is 1. The number of carbonyl (C=O) groups is 1. The van der Waals surface area contributed by atoms with E-state index >= 15 is 0 Å². The number of hydrogen-bond donors (Lipinski definition) is 3. The molecule has 6 nitrogen and oxygen atoms in total. The summed E-state index contributed by atoms with van der Waals surface area (Å²) < 4.78 is 0. The SMILES string of the molecule is O=C(O)NC1c2ccccc2-c2c(-c3nc4ccncc4[nH]3)cccc21. The summed E-state index contributed by atoms with van der Waals surface area (Å²) in [6.07, 6.45) is 2.42. The summed E-state index contributed by atoms with van der Waals surface area (Å²) in [7, 11) is 0. The number of amides is 1. The Morgan fingerprint density at radius 2 is 1.85 bits per heavy atom. The first kappa shape index (κ1) is 14.7. The number of H-pyrrole nitrogens is 1. The number of fused-ring (bicyclic) bond motifs is 4. The molecule has 1 amide bonds. The number of hydrogen-bond acceptors (Lipinski definition) is 3. The molecule has 2 aromatic carbocycles. The van der Waals surface area contributed by atoms with Crippen LogP contribution in [0.15, 0.2) is 60.9 Å². The van der Waals surface area contributed by atoms with Crippen molar-refractivity contribution in [2.24, 2.45) is 0 Å². The Balaban J connectivity index is 1.76. The van der Waals surface area contributed by atoms with Gasteiger partial charge in [-0.25, -0.2) is 9.78 Å². The minimum Gasteiger partial charge on any atom is -0.465 e. The predicted octanol–water partition coefficient (Wildman–Crippen LogP) is 3.96. The quantitative estimate of drug-likeness (QED) is 0.514. The van der Waals surface area contributed by atoms with Crippen molar-refractivity contribution < 1.29 is 9.90 Å². The first-order valence-electron chi connectivity index (χ1n) is 8.24. The summed E-state index contributed by atoms with van der Waals surface area (Å²) in [4.78, 5) is 23.4. The zero-order valence-corrected chi connectivity index (χ0v) is 13.6. The van der Waals surface area contributed by atoms with Gasteiger partial charge in [-0.05, 0) is 28.3 Å². The van der Waals surface area contributed by atoms with Crippen molar-refractivity contribution >= 4 is 17.1 Å². The highest BCUT2D eigenvalue weighted by Gasteiger charge is 2.32. The van der Waals surface area contributed by atoms with E-state index in [4.69, 9.17) is 0 Å². The summed E-state index contributed by atoms with van der Waals surface area (Å²) in [6.45, 7) is 0. The largest absolute Gasteiger partial charge is 0.465 e. The lowest BCUT2D eigenvalue weighted by atomic mass is 9.99. The van der Waals surface area contributed by atoms with E-state index in [9.17, 15) is 9.90 Å². The van der Waals surface area contributed by atoms with E-state index in [1.807, 2.05) is 48.5 Å². The molecule has 1 aliphatic carbocycles. The molecule has 1 unspecified atom stereocenters. The van der Waals surface area contributed by atoms with Gasteiger partial charge in [0.25, 0.3) is 0 Å². The molecule has 6 heteroatoms. The first-order valence-corrected chi connectivity index (χ1v) is 8.24. The fraction of sp³-hybridized carbons (Fsp3) is 0.0500. The third kappa shape index (κ3) is 2.09. The summed E-state index contributed by atoms with van der Waals surface area (Å²) in [5.74, 6) is 0.746. The average Bonchev–Trinajstić information content (AvgIpc) is 3.22. The smallest absolute Gasteiger partial charge is 0.405 e. The van der Waals surface area contributed by atoms with Crippen molar-refractivity contribution in [1.29, 1.82) is 0 Å². The molecule has 0 radical (unpaired) electrons. The van der Waals surface area contributed by atoms with Crippen LogP contribution in [0.3, 0.4) is 0 Å². The number of benzene rings is 2. The molecule has 126 valence electrons. The first-order chi connectivity index (χ1) is 12.7. The fourth-order valence-corrected chi connectivity index (χ4v) is 3.72. The maximum absolute atomic E-state index is 11.3. The van der Waals surface area contributed by atoms with Crippen LogP contribution >= 0.6 is 0 Å². The number of rotatable bonds is 2. The molecule has 0 saturated heterocycles. The number of aromatic amines is 1. The average molecular weight is 342 g/mol. The van der Waals surface area contributed by atoms with Gasteiger partial charge in [0.1, 0.15) is 5.82 Å². The summed E-state index contributed by atoms with van der Waals surface area (Å²) in [5.41, 5.74) is 6.58. The van der Waals surface area contributed by atoms with E-state index < -0.39 is 6.09 Å². The van der Waals surface area contributed by atoms with Gasteiger partial charge in [0.15, 0.2) is 0 Å². The normalized spacial score (nSPS) is 14.8. The highest BCUT2D eigenvalue weighted by molar-refractivity contribution is 5.92. The Labute approximate surface area is 148 Å². The van der Waals surface area contributed by atoms with Crippen LogP contribution in [-0.4, -0.2) is 26.2 Å². The number of nitrogens with zero attached hydrogens (tertiary/aromatic N) is 2. The van der Waals surface area contributed by atoms with Crippen LogP contribution < -0.4 is 5.32 Å². The number of imidazole rings is 1. The Morgan fingerprint density at radius 1 is 1.04 bits per heavy atom. The Hall–Kier alpha value is -3.67. The second kappa shape index (κ2) is 5.42. The van der Waals surface area contributed by atoms with Crippen LogP contribution in [0.4, 0.5) is 4.79 Å². The van der Waals surface area contributed by atoms with Crippen molar-refractivity contribution in [1.82, 2.24) is 20.3 Å². The van der Waals surface area contributed by atoms with E-state index in [-0.39, 0.29) is 6.04 Å². The zero-order chi connectivity index (χ0) is 17.7. The molecule has 0 fully saturated rings. The van der Waals surface area contributed by atoms with Crippen molar-refractivity contribution in [2.45, 2.75) is 6.04 Å². The van der Waals surface area contributed by atoms with Crippen LogP contribution in [0, 0.1) is 0 Å². The van der Waals surface area contributed by atoms with Gasteiger partial charge in [-0.3, -0.25) is 4.98 Å². The van der Waals surface area contributed by atoms with Gasteiger partial charge in [-0.2, -0.15) is 0 Å². The van der Waals surface area contributed by atoms with Gasteiger partial charge in [0.05, 0.1) is 23.3 Å². The van der Waals surface area contributed by atoms with Crippen LogP contribution in [0.2, 0.25) is 0 Å². The molecule has 26 heavy (non-hydrogen) atoms. The fourth-order valence-electron chi connectivity index (χ4n) is 3.72. The number of aromatic nitrogens is 3. The molecule has 0 aliphatic heterocycles. The van der Waals surface area contributed by atoms with Crippen LogP contribution in [0.25, 0.3) is 33.5 Å². The predicted molar refractivity (Wildman–Crippen MR) is 97.8 cm³/mol. The highest BCUT2D eigenvalue weighted by atomic mass is 16.4. The molecule has 2 heterocycles. The van der Waals surface area contributed by atoms with Gasteiger partial charge in [0.2, 0.25) is 0 Å². The van der Waals surface area contributed by atoms with Gasteiger partial charge in [-0.1, -0.05) is 42.5 Å². The third-order valence-corrected chi connectivity index (χ3v) is 4.76. The molecule has 4 aromatic rings. The number of nitrogens with one attached hydrogen (secondary N) is 2. The second-order valence-electron chi connectivity index (χ2n) is 6.22. The van der Waals surface area contributed by atoms with E-state index in [1.54, 1.807) is 12.4 Å². The van der Waals surface area contributed by atoms with E-state index in [0.29, 0.717) is 0 Å². The lowest BCUT2D eigenvalue weighted by molar-refractivity contribution is 0.192. The van der Waals surface area contributed by atoms with Crippen LogP contribution in [0.1, 0.15) is 17.2 Å². The van der Waals surface area contributed by atoms with Gasteiger partial charge in [0, 0.05) is 11.8 Å². The molecule has 3 N–H and O–H groups in total. The Bertz CT molecular complexity index is 1130. The molecule has 1 aliphatic rings. The molecule has 5 rings (SSSR count). The topological polar surface area (TPSA) is 90.9 Å². The number of carboxylic acid groups (broad SMARTS) is 1. The summed E-state index contributed by atoms with van der Waals surface area (Å²) in [5, 5.41) is 11.9. The highest BCUT2D eigenvalue weighted by Crippen LogP contribution is 2.47. The molecule has 0 saturated carbocycles. The molecule has 1 atom stereocenters. The van der Waals surface area contributed by atoms with Gasteiger partial charge >= 0.3 is 6.09 Å². The van der Waals surface area contributed by atoms with E-state index in [2.05, 4.69) is 20.3 Å². The third-order valence-electron chi connectivity index (χ3n) is 4.76. The molecular weight excluding hydrogens is 328 g/mol. The van der Waals surface area contributed by atoms with Crippen molar-refractivity contribution in [3.05, 3.63) is 72.1 Å². The van der Waals surface area contributed by atoms with Crippen molar-refractivity contribution in [3.63, 3.8) is 0 Å². The van der Waals surface area contributed by atoms with Gasteiger partial charge < -0.3 is 15.4 Å². The Kier molecular flexibility index (Phi) is 3.05. The second-order valence-corrected chi connectivity index (χ2v) is 6.22. The maximum atomic E-state index is 11.3. The van der Waals surface area contributed by atoms with E-state index in [0.717, 1.165) is 44.7 Å². The van der Waals surface area contributed by atoms with Crippen molar-refractivity contribution in [3.8, 4) is 22.5 Å². The van der Waals surface area contributed by atoms with E-state index in [1.165, 1.54) is 0 Å². The zero-order valence-electron chi connectivity index (χ0n) is 13.6. The monoisotopic (exact) mass is 342 g/mol. The Morgan fingerprint density at radius 3 is 2.69 bits per heavy atom. The molecular formula is C20H14N4O2. The standard InChI is InChI=1S/C20H14N4O2/c25-20(26)24-18-12-5-2-1-4-11(12)17-13(18)6-3-7-14(17)19-22-15-8-9-21-10-16(15)23-19/h1-10,18,24H,(H,22,23)(H,25,26). The van der Waals surface area contributed by atoms with Gasteiger partial charge in [-0.15, -0.1) is 0 Å². The molecule has 0 bridgehead atoms. The molecule has 0 spiro atoms. The minimum absolute atomic E-state index is 0.385. The molecule has 2 aromatic heterocycles. The minimum atomic E-state index is -1.04. The summed E-state index contributed by atoms with van der Waals surface area (Å²) in [6, 6.07) is 15.2. The lowest BCUT2D eigenvalue weighted by Crippen LogP contribution is -2.26. The lowest BCUT2D eigenvalue weighted by Gasteiger charge is -2.13. The van der Waals surface area contributed by atoms with Crippen LogP contribution in [-0.2, 0) is 0 Å². The van der Waals surface area contributed by atoms with Crippen LogP contribution in [0.5, 0.6) is 0 Å².